The molecule has 1 fully saturated rings. The summed E-state index contributed by atoms with van der Waals surface area (Å²) in [7, 11) is 0. The SMILES string of the molecule is CCN1CCN(c2cc(CNC(=O)CCn3c(C)c(C)sc3=O)ccn2)CC1. The van der Waals surface area contributed by atoms with Crippen LogP contribution in [-0.4, -0.2) is 53.1 Å². The lowest BCUT2D eigenvalue weighted by atomic mass is 10.2. The van der Waals surface area contributed by atoms with Crippen molar-refractivity contribution in [1.82, 2.24) is 19.8 Å². The van der Waals surface area contributed by atoms with Crippen LogP contribution in [0, 0.1) is 13.8 Å². The number of piperazine rings is 1. The summed E-state index contributed by atoms with van der Waals surface area (Å²) in [5.74, 6) is 0.920. The third kappa shape index (κ3) is 4.99. The van der Waals surface area contributed by atoms with Gasteiger partial charge in [-0.15, -0.1) is 0 Å². The molecule has 2 aromatic heterocycles. The number of aromatic nitrogens is 2. The molecule has 1 aliphatic rings. The highest BCUT2D eigenvalue weighted by molar-refractivity contribution is 7.09. The molecule has 0 atom stereocenters. The van der Waals surface area contributed by atoms with Gasteiger partial charge < -0.3 is 19.7 Å². The number of carbonyl (C=O) groups is 1. The highest BCUT2D eigenvalue weighted by Crippen LogP contribution is 2.15. The lowest BCUT2D eigenvalue weighted by molar-refractivity contribution is -0.121. The number of hydrogen-bond acceptors (Lipinski definition) is 6. The molecule has 0 spiro atoms. The van der Waals surface area contributed by atoms with E-state index in [-0.39, 0.29) is 10.8 Å². The largest absolute Gasteiger partial charge is 0.354 e. The smallest absolute Gasteiger partial charge is 0.307 e. The molecule has 0 radical (unpaired) electrons. The van der Waals surface area contributed by atoms with Crippen molar-refractivity contribution in [2.75, 3.05) is 37.6 Å². The number of rotatable bonds is 7. The first-order valence-corrected chi connectivity index (χ1v) is 10.7. The summed E-state index contributed by atoms with van der Waals surface area (Å²) in [6, 6.07) is 3.99. The van der Waals surface area contributed by atoms with Gasteiger partial charge in [0.05, 0.1) is 0 Å². The van der Waals surface area contributed by atoms with Gasteiger partial charge >= 0.3 is 4.87 Å². The Hall–Kier alpha value is -2.19. The number of anilines is 1. The number of pyridine rings is 1. The molecule has 0 saturated carbocycles. The van der Waals surface area contributed by atoms with Crippen molar-refractivity contribution in [3.05, 3.63) is 44.1 Å². The second-order valence-electron chi connectivity index (χ2n) is 7.13. The molecule has 0 aliphatic carbocycles. The summed E-state index contributed by atoms with van der Waals surface area (Å²) < 4.78 is 1.68. The van der Waals surface area contributed by atoms with Gasteiger partial charge in [-0.25, -0.2) is 4.98 Å². The maximum atomic E-state index is 12.2. The maximum Gasteiger partial charge on any atom is 0.307 e. The molecule has 0 aromatic carbocycles. The number of hydrogen-bond donors (Lipinski definition) is 1. The summed E-state index contributed by atoms with van der Waals surface area (Å²) in [6.07, 6.45) is 2.11. The van der Waals surface area contributed by atoms with E-state index in [2.05, 4.69) is 33.1 Å². The monoisotopic (exact) mass is 403 g/mol. The van der Waals surface area contributed by atoms with Crippen molar-refractivity contribution >= 4 is 23.1 Å². The molecule has 28 heavy (non-hydrogen) atoms. The minimum absolute atomic E-state index is 0.00439. The van der Waals surface area contributed by atoms with Crippen LogP contribution in [0.4, 0.5) is 5.82 Å². The van der Waals surface area contributed by atoms with Gasteiger partial charge in [0.1, 0.15) is 5.82 Å². The predicted molar refractivity (Wildman–Crippen MR) is 113 cm³/mol. The molecule has 0 bridgehead atoms. The molecule has 0 unspecified atom stereocenters. The van der Waals surface area contributed by atoms with Crippen LogP contribution < -0.4 is 15.1 Å². The first-order valence-electron chi connectivity index (χ1n) is 9.83. The van der Waals surface area contributed by atoms with E-state index in [9.17, 15) is 9.59 Å². The molecular formula is C20H29N5O2S. The van der Waals surface area contributed by atoms with E-state index in [0.717, 1.165) is 54.7 Å². The fourth-order valence-electron chi connectivity index (χ4n) is 3.38. The molecule has 7 nitrogen and oxygen atoms in total. The van der Waals surface area contributed by atoms with Crippen LogP contribution in [0.3, 0.4) is 0 Å². The molecule has 1 aliphatic heterocycles. The van der Waals surface area contributed by atoms with Gasteiger partial charge in [0.2, 0.25) is 5.91 Å². The van der Waals surface area contributed by atoms with Crippen molar-refractivity contribution in [3.63, 3.8) is 0 Å². The zero-order chi connectivity index (χ0) is 20.1. The van der Waals surface area contributed by atoms with Crippen LogP contribution in [-0.2, 0) is 17.9 Å². The number of thiazole rings is 1. The van der Waals surface area contributed by atoms with Gasteiger partial charge in [-0.1, -0.05) is 18.3 Å². The average molecular weight is 404 g/mol. The highest BCUT2D eigenvalue weighted by Gasteiger charge is 2.17. The summed E-state index contributed by atoms with van der Waals surface area (Å²) in [5, 5.41) is 2.96. The molecule has 8 heteroatoms. The standard InChI is InChI=1S/C20H29N5O2S/c1-4-23-9-11-24(12-10-23)18-13-17(5-7-21-18)14-22-19(26)6-8-25-15(2)16(3)28-20(25)27/h5,7,13H,4,6,8-12,14H2,1-3H3,(H,22,26). The van der Waals surface area contributed by atoms with Gasteiger partial charge in [-0.05, 0) is 38.1 Å². The Morgan fingerprint density at radius 2 is 2.00 bits per heavy atom. The van der Waals surface area contributed by atoms with E-state index < -0.39 is 0 Å². The minimum Gasteiger partial charge on any atom is -0.354 e. The average Bonchev–Trinajstić information content (AvgIpc) is 2.96. The third-order valence-electron chi connectivity index (χ3n) is 5.38. The Kier molecular flexibility index (Phi) is 6.85. The van der Waals surface area contributed by atoms with Gasteiger partial charge in [-0.3, -0.25) is 9.59 Å². The Bertz CT molecular complexity index is 868. The van der Waals surface area contributed by atoms with Gasteiger partial charge in [0, 0.05) is 62.5 Å². The molecule has 3 rings (SSSR count). The fourth-order valence-corrected chi connectivity index (χ4v) is 4.24. The number of carbonyl (C=O) groups excluding carboxylic acids is 1. The van der Waals surface area contributed by atoms with Crippen LogP contribution in [0.15, 0.2) is 23.1 Å². The van der Waals surface area contributed by atoms with Crippen molar-refractivity contribution in [2.24, 2.45) is 0 Å². The van der Waals surface area contributed by atoms with E-state index in [4.69, 9.17) is 0 Å². The van der Waals surface area contributed by atoms with E-state index in [1.807, 2.05) is 19.9 Å². The number of nitrogens with zero attached hydrogens (tertiary/aromatic N) is 4. The van der Waals surface area contributed by atoms with Crippen LogP contribution in [0.5, 0.6) is 0 Å². The second kappa shape index (κ2) is 9.34. The minimum atomic E-state index is -0.0509. The quantitative estimate of drug-likeness (QED) is 0.763. The van der Waals surface area contributed by atoms with Crippen LogP contribution in [0.2, 0.25) is 0 Å². The maximum absolute atomic E-state index is 12.2. The molecule has 152 valence electrons. The van der Waals surface area contributed by atoms with Gasteiger partial charge in [0.15, 0.2) is 0 Å². The Labute approximate surface area is 170 Å². The molecule has 3 heterocycles. The number of aryl methyl sites for hydroxylation is 1. The summed E-state index contributed by atoms with van der Waals surface area (Å²) >= 11 is 1.24. The number of amides is 1. The van der Waals surface area contributed by atoms with Crippen molar-refractivity contribution in [3.8, 4) is 0 Å². The molecule has 2 aromatic rings. The van der Waals surface area contributed by atoms with E-state index >= 15 is 0 Å². The molecule has 1 N–H and O–H groups in total. The highest BCUT2D eigenvalue weighted by atomic mass is 32.1. The zero-order valence-corrected chi connectivity index (χ0v) is 17.7. The Balaban J connectivity index is 1.50. The normalized spacial score (nSPS) is 15.0. The van der Waals surface area contributed by atoms with Crippen molar-refractivity contribution < 1.29 is 4.79 Å². The molecular weight excluding hydrogens is 374 g/mol. The van der Waals surface area contributed by atoms with Gasteiger partial charge in [-0.2, -0.15) is 0 Å². The predicted octanol–water partition coefficient (Wildman–Crippen LogP) is 1.77. The van der Waals surface area contributed by atoms with E-state index in [1.165, 1.54) is 11.3 Å². The first kappa shape index (κ1) is 20.5. The zero-order valence-electron chi connectivity index (χ0n) is 16.9. The summed E-state index contributed by atoms with van der Waals surface area (Å²) in [6.45, 7) is 12.1. The van der Waals surface area contributed by atoms with Crippen molar-refractivity contribution in [2.45, 2.75) is 40.3 Å². The Morgan fingerprint density at radius 1 is 1.25 bits per heavy atom. The van der Waals surface area contributed by atoms with E-state index in [1.54, 1.807) is 10.8 Å². The molecule has 1 amide bonds. The lowest BCUT2D eigenvalue weighted by Gasteiger charge is -2.34. The van der Waals surface area contributed by atoms with Gasteiger partial charge in [0.25, 0.3) is 0 Å². The van der Waals surface area contributed by atoms with E-state index in [0.29, 0.717) is 19.5 Å². The lowest BCUT2D eigenvalue weighted by Crippen LogP contribution is -2.46. The fraction of sp³-hybridized carbons (Fsp3) is 0.550. The molecule has 1 saturated heterocycles. The topological polar surface area (TPSA) is 70.5 Å². The number of likely N-dealkylation sites (N-methyl/N-ethyl adjacent to an activating group) is 1. The Morgan fingerprint density at radius 3 is 2.64 bits per heavy atom. The first-order chi connectivity index (χ1) is 13.5. The third-order valence-corrected chi connectivity index (χ3v) is 6.38. The second-order valence-corrected chi connectivity index (χ2v) is 8.30. The summed E-state index contributed by atoms with van der Waals surface area (Å²) in [5.41, 5.74) is 1.99. The summed E-state index contributed by atoms with van der Waals surface area (Å²) in [4.78, 5) is 34.4. The van der Waals surface area contributed by atoms with Crippen molar-refractivity contribution in [1.29, 1.82) is 0 Å². The van der Waals surface area contributed by atoms with Crippen LogP contribution >= 0.6 is 11.3 Å². The van der Waals surface area contributed by atoms with Crippen LogP contribution in [0.1, 0.15) is 29.5 Å². The number of nitrogens with one attached hydrogen (secondary N) is 1. The van der Waals surface area contributed by atoms with Crippen LogP contribution in [0.25, 0.3) is 0 Å².